The summed E-state index contributed by atoms with van der Waals surface area (Å²) in [6, 6.07) is 15.5. The van der Waals surface area contributed by atoms with Gasteiger partial charge in [0, 0.05) is 18.4 Å². The first-order valence-corrected chi connectivity index (χ1v) is 8.74. The molecule has 0 atom stereocenters. The molecule has 2 N–H and O–H groups in total. The van der Waals surface area contributed by atoms with Crippen molar-refractivity contribution in [2.75, 3.05) is 5.32 Å². The van der Waals surface area contributed by atoms with Crippen LogP contribution >= 0.6 is 0 Å². The Bertz CT molecular complexity index is 908. The van der Waals surface area contributed by atoms with Crippen LogP contribution in [-0.2, 0) is 6.54 Å². The number of aromatic nitrogens is 2. The molecule has 0 aliphatic heterocycles. The predicted molar refractivity (Wildman–Crippen MR) is 103 cm³/mol. The van der Waals surface area contributed by atoms with Gasteiger partial charge in [0.15, 0.2) is 0 Å². The molecule has 0 saturated carbocycles. The highest BCUT2D eigenvalue weighted by molar-refractivity contribution is 5.92. The van der Waals surface area contributed by atoms with E-state index in [2.05, 4.69) is 34.4 Å². The van der Waals surface area contributed by atoms with Crippen LogP contribution in [0, 0.1) is 5.82 Å². The van der Waals surface area contributed by atoms with Crippen LogP contribution in [0.2, 0.25) is 0 Å². The Kier molecular flexibility index (Phi) is 5.76. The minimum absolute atomic E-state index is 0.258. The van der Waals surface area contributed by atoms with Crippen LogP contribution in [0.15, 0.2) is 60.8 Å². The van der Waals surface area contributed by atoms with Crippen LogP contribution in [0.3, 0.4) is 0 Å². The van der Waals surface area contributed by atoms with Gasteiger partial charge in [-0.25, -0.2) is 14.4 Å². The molecule has 138 valence electrons. The van der Waals surface area contributed by atoms with Crippen molar-refractivity contribution < 1.29 is 9.18 Å². The zero-order chi connectivity index (χ0) is 19.2. The van der Waals surface area contributed by atoms with Crippen molar-refractivity contribution in [3.05, 3.63) is 83.4 Å². The van der Waals surface area contributed by atoms with Crippen LogP contribution in [0.5, 0.6) is 0 Å². The number of nitrogens with one attached hydrogen (secondary N) is 2. The minimum atomic E-state index is -0.320. The fourth-order valence-electron chi connectivity index (χ4n) is 2.50. The molecule has 27 heavy (non-hydrogen) atoms. The molecule has 2 aromatic carbocycles. The third-order valence-corrected chi connectivity index (χ3v) is 4.09. The number of hydrogen-bond donors (Lipinski definition) is 2. The van der Waals surface area contributed by atoms with Crippen LogP contribution in [-0.4, -0.2) is 15.9 Å². The summed E-state index contributed by atoms with van der Waals surface area (Å²) in [5.41, 5.74) is 3.16. The fourth-order valence-corrected chi connectivity index (χ4v) is 2.50. The van der Waals surface area contributed by atoms with Gasteiger partial charge in [0.1, 0.15) is 11.5 Å². The molecule has 1 amide bonds. The van der Waals surface area contributed by atoms with Crippen LogP contribution in [0.25, 0.3) is 0 Å². The third-order valence-electron chi connectivity index (χ3n) is 4.09. The van der Waals surface area contributed by atoms with Crippen molar-refractivity contribution >= 4 is 17.5 Å². The van der Waals surface area contributed by atoms with Gasteiger partial charge in [0.25, 0.3) is 5.91 Å². The topological polar surface area (TPSA) is 66.9 Å². The summed E-state index contributed by atoms with van der Waals surface area (Å²) in [6.07, 6.45) is 1.53. The van der Waals surface area contributed by atoms with E-state index in [0.29, 0.717) is 18.4 Å². The quantitative estimate of drug-likeness (QED) is 0.680. The van der Waals surface area contributed by atoms with Crippen LogP contribution in [0.1, 0.15) is 41.4 Å². The number of nitrogens with zero attached hydrogens (tertiary/aromatic N) is 2. The maximum Gasteiger partial charge on any atom is 0.270 e. The van der Waals surface area contributed by atoms with E-state index >= 15 is 0 Å². The lowest BCUT2D eigenvalue weighted by Gasteiger charge is -2.09. The number of carbonyl (C=O) groups excluding carboxylic acids is 1. The van der Waals surface area contributed by atoms with Crippen LogP contribution in [0.4, 0.5) is 16.0 Å². The molecule has 0 fully saturated rings. The van der Waals surface area contributed by atoms with E-state index in [1.165, 1.54) is 23.9 Å². The number of halogens is 1. The van der Waals surface area contributed by atoms with E-state index in [9.17, 15) is 9.18 Å². The molecule has 3 rings (SSSR count). The molecule has 0 aliphatic carbocycles. The first-order chi connectivity index (χ1) is 13.0. The average molecular weight is 364 g/mol. The first kappa shape index (κ1) is 18.5. The van der Waals surface area contributed by atoms with Crippen molar-refractivity contribution in [3.63, 3.8) is 0 Å². The summed E-state index contributed by atoms with van der Waals surface area (Å²) in [7, 11) is 0. The van der Waals surface area contributed by atoms with Crippen molar-refractivity contribution in [1.82, 2.24) is 15.3 Å². The van der Waals surface area contributed by atoms with Gasteiger partial charge in [-0.3, -0.25) is 4.79 Å². The lowest BCUT2D eigenvalue weighted by atomic mass is 10.0. The predicted octanol–water partition coefficient (Wildman–Crippen LogP) is 4.41. The highest BCUT2D eigenvalue weighted by Gasteiger charge is 2.09. The maximum absolute atomic E-state index is 12.9. The Morgan fingerprint density at radius 2 is 1.74 bits per heavy atom. The Labute approximate surface area is 157 Å². The van der Waals surface area contributed by atoms with Gasteiger partial charge in [0.2, 0.25) is 5.95 Å². The summed E-state index contributed by atoms with van der Waals surface area (Å²) in [6.45, 7) is 4.57. The van der Waals surface area contributed by atoms with Crippen molar-refractivity contribution in [2.24, 2.45) is 0 Å². The van der Waals surface area contributed by atoms with Gasteiger partial charge < -0.3 is 10.6 Å². The minimum Gasteiger partial charge on any atom is -0.347 e. The van der Waals surface area contributed by atoms with E-state index in [0.717, 1.165) is 11.3 Å². The Morgan fingerprint density at radius 3 is 2.41 bits per heavy atom. The first-order valence-electron chi connectivity index (χ1n) is 8.74. The summed E-state index contributed by atoms with van der Waals surface area (Å²) in [4.78, 5) is 20.7. The SMILES string of the molecule is CC(C)c1ccc(Nc2nccc(C(=O)NCc3ccc(F)cc3)n2)cc1. The second-order valence-corrected chi connectivity index (χ2v) is 6.48. The number of amides is 1. The lowest BCUT2D eigenvalue weighted by Crippen LogP contribution is -2.24. The summed E-state index contributed by atoms with van der Waals surface area (Å²) in [5.74, 6) is 0.183. The molecule has 0 aliphatic rings. The molecule has 0 spiro atoms. The Balaban J connectivity index is 1.63. The standard InChI is InChI=1S/C21H21FN4O/c1-14(2)16-5-9-18(10-6-16)25-21-23-12-11-19(26-21)20(27)24-13-15-3-7-17(22)8-4-15/h3-12,14H,13H2,1-2H3,(H,24,27)(H,23,25,26). The largest absolute Gasteiger partial charge is 0.347 e. The zero-order valence-electron chi connectivity index (χ0n) is 15.2. The third kappa shape index (κ3) is 5.10. The summed E-state index contributed by atoms with van der Waals surface area (Å²) >= 11 is 0. The number of hydrogen-bond acceptors (Lipinski definition) is 4. The molecule has 1 heterocycles. The second kappa shape index (κ2) is 8.40. The smallest absolute Gasteiger partial charge is 0.270 e. The highest BCUT2D eigenvalue weighted by atomic mass is 19.1. The Morgan fingerprint density at radius 1 is 1.04 bits per heavy atom. The summed E-state index contributed by atoms with van der Waals surface area (Å²) < 4.78 is 12.9. The van der Waals surface area contributed by atoms with E-state index in [4.69, 9.17) is 0 Å². The van der Waals surface area contributed by atoms with Gasteiger partial charge in [-0.1, -0.05) is 38.1 Å². The van der Waals surface area contributed by atoms with Gasteiger partial charge in [-0.05, 0) is 47.4 Å². The Hall–Kier alpha value is -3.28. The number of benzene rings is 2. The normalized spacial score (nSPS) is 10.7. The molecule has 3 aromatic rings. The molecular weight excluding hydrogens is 343 g/mol. The maximum atomic E-state index is 12.9. The number of rotatable bonds is 6. The van der Waals surface area contributed by atoms with E-state index in [1.807, 2.05) is 24.3 Å². The molecule has 0 saturated heterocycles. The number of carbonyl (C=O) groups is 1. The second-order valence-electron chi connectivity index (χ2n) is 6.48. The zero-order valence-corrected chi connectivity index (χ0v) is 15.2. The van der Waals surface area contributed by atoms with E-state index in [1.54, 1.807) is 18.2 Å². The molecule has 6 heteroatoms. The van der Waals surface area contributed by atoms with Crippen molar-refractivity contribution in [2.45, 2.75) is 26.3 Å². The van der Waals surface area contributed by atoms with Crippen molar-refractivity contribution in [3.8, 4) is 0 Å². The summed E-state index contributed by atoms with van der Waals surface area (Å²) in [5, 5.41) is 5.87. The molecule has 5 nitrogen and oxygen atoms in total. The number of anilines is 2. The van der Waals surface area contributed by atoms with E-state index in [-0.39, 0.29) is 17.4 Å². The monoisotopic (exact) mass is 364 g/mol. The lowest BCUT2D eigenvalue weighted by molar-refractivity contribution is 0.0946. The molecule has 0 bridgehead atoms. The van der Waals surface area contributed by atoms with Gasteiger partial charge in [0.05, 0.1) is 0 Å². The average Bonchev–Trinajstić information content (AvgIpc) is 2.68. The fraction of sp³-hybridized carbons (Fsp3) is 0.190. The van der Waals surface area contributed by atoms with Gasteiger partial charge in [-0.15, -0.1) is 0 Å². The molecule has 0 radical (unpaired) electrons. The van der Waals surface area contributed by atoms with Crippen molar-refractivity contribution in [1.29, 1.82) is 0 Å². The van der Waals surface area contributed by atoms with E-state index < -0.39 is 0 Å². The van der Waals surface area contributed by atoms with Gasteiger partial charge in [-0.2, -0.15) is 0 Å². The molecule has 1 aromatic heterocycles. The molecular formula is C21H21FN4O. The highest BCUT2D eigenvalue weighted by Crippen LogP contribution is 2.19. The van der Waals surface area contributed by atoms with Gasteiger partial charge >= 0.3 is 0 Å². The van der Waals surface area contributed by atoms with Crippen LogP contribution < -0.4 is 10.6 Å². The molecule has 0 unspecified atom stereocenters.